The van der Waals surface area contributed by atoms with Crippen LogP contribution in [-0.4, -0.2) is 11.4 Å². The predicted molar refractivity (Wildman–Crippen MR) is 68.5 cm³/mol. The first-order valence-corrected chi connectivity index (χ1v) is 6.36. The lowest BCUT2D eigenvalue weighted by Gasteiger charge is -2.35. The van der Waals surface area contributed by atoms with Crippen LogP contribution in [0.1, 0.15) is 35.2 Å². The summed E-state index contributed by atoms with van der Waals surface area (Å²) in [5.74, 6) is -0.179. The maximum atomic E-state index is 12.1. The molecule has 0 aromatic heterocycles. The van der Waals surface area contributed by atoms with Crippen molar-refractivity contribution in [3.05, 3.63) is 33.8 Å². The van der Waals surface area contributed by atoms with Crippen LogP contribution >= 0.6 is 15.9 Å². The molecule has 1 N–H and O–H groups in total. The summed E-state index contributed by atoms with van der Waals surface area (Å²) in [5, 5.41) is 11.9. The van der Waals surface area contributed by atoms with Crippen molar-refractivity contribution in [1.82, 2.24) is 5.32 Å². The molecule has 0 atom stereocenters. The Bertz CT molecular complexity index is 501. The second-order valence-corrected chi connectivity index (χ2v) is 5.23. The van der Waals surface area contributed by atoms with E-state index in [1.165, 1.54) is 0 Å². The van der Waals surface area contributed by atoms with Crippen molar-refractivity contribution >= 4 is 21.8 Å². The number of nitrogens with zero attached hydrogens (tertiary/aromatic N) is 1. The largest absolute Gasteiger partial charge is 0.334 e. The summed E-state index contributed by atoms with van der Waals surface area (Å²) in [4.78, 5) is 12.1. The minimum Gasteiger partial charge on any atom is -0.334 e. The first-order valence-electron chi connectivity index (χ1n) is 5.57. The molecule has 0 aliphatic heterocycles. The molecule has 1 saturated carbocycles. The van der Waals surface area contributed by atoms with Gasteiger partial charge in [-0.05, 0) is 53.7 Å². The van der Waals surface area contributed by atoms with Gasteiger partial charge in [-0.3, -0.25) is 4.79 Å². The first kappa shape index (κ1) is 12.1. The van der Waals surface area contributed by atoms with E-state index in [1.54, 1.807) is 6.07 Å². The number of carbonyl (C=O) groups is 1. The minimum absolute atomic E-state index is 0.179. The average Bonchev–Trinajstić information content (AvgIpc) is 2.27. The molecule has 0 unspecified atom stereocenters. The van der Waals surface area contributed by atoms with Crippen molar-refractivity contribution < 1.29 is 4.79 Å². The van der Waals surface area contributed by atoms with Crippen molar-refractivity contribution in [2.45, 2.75) is 31.7 Å². The molecule has 1 aliphatic rings. The minimum atomic E-state index is -0.639. The van der Waals surface area contributed by atoms with E-state index in [4.69, 9.17) is 5.26 Å². The third-order valence-electron chi connectivity index (χ3n) is 3.21. The number of aryl methyl sites for hydroxylation is 1. The van der Waals surface area contributed by atoms with E-state index in [-0.39, 0.29) is 5.91 Å². The van der Waals surface area contributed by atoms with Gasteiger partial charge in [-0.1, -0.05) is 12.1 Å². The molecule has 0 heterocycles. The Morgan fingerprint density at radius 3 is 2.76 bits per heavy atom. The summed E-state index contributed by atoms with van der Waals surface area (Å²) in [5.41, 5.74) is 0.962. The number of hydrogen-bond donors (Lipinski definition) is 1. The van der Waals surface area contributed by atoms with Crippen LogP contribution in [0.25, 0.3) is 0 Å². The van der Waals surface area contributed by atoms with Gasteiger partial charge in [0.25, 0.3) is 5.91 Å². The number of rotatable bonds is 2. The molecular weight excluding hydrogens is 280 g/mol. The van der Waals surface area contributed by atoms with E-state index in [2.05, 4.69) is 27.3 Å². The Morgan fingerprint density at radius 1 is 1.53 bits per heavy atom. The van der Waals surface area contributed by atoms with E-state index in [0.29, 0.717) is 5.56 Å². The molecule has 3 nitrogen and oxygen atoms in total. The molecule has 1 amide bonds. The number of hydrogen-bond acceptors (Lipinski definition) is 2. The van der Waals surface area contributed by atoms with Crippen LogP contribution in [0, 0.1) is 18.3 Å². The normalized spacial score (nSPS) is 16.8. The highest BCUT2D eigenvalue weighted by molar-refractivity contribution is 9.10. The SMILES string of the molecule is Cc1cccc(C(=O)NC2(C#N)CCC2)c1Br. The van der Waals surface area contributed by atoms with Crippen LogP contribution in [0.3, 0.4) is 0 Å². The monoisotopic (exact) mass is 292 g/mol. The standard InChI is InChI=1S/C13H13BrN2O/c1-9-4-2-5-10(11(9)14)12(17)16-13(8-15)6-3-7-13/h2,4-5H,3,6-7H2,1H3,(H,16,17). The second-order valence-electron chi connectivity index (χ2n) is 4.44. The van der Waals surface area contributed by atoms with Gasteiger partial charge in [0.1, 0.15) is 5.54 Å². The van der Waals surface area contributed by atoms with E-state index in [9.17, 15) is 4.79 Å². The van der Waals surface area contributed by atoms with Crippen molar-refractivity contribution in [2.75, 3.05) is 0 Å². The molecular formula is C13H13BrN2O. The summed E-state index contributed by atoms with van der Waals surface area (Å²) in [6.07, 6.45) is 2.50. The van der Waals surface area contributed by atoms with Crippen LogP contribution < -0.4 is 5.32 Å². The van der Waals surface area contributed by atoms with Crippen LogP contribution in [0.15, 0.2) is 22.7 Å². The number of nitriles is 1. The fourth-order valence-electron chi connectivity index (χ4n) is 1.90. The average molecular weight is 293 g/mol. The molecule has 1 aromatic carbocycles. The van der Waals surface area contributed by atoms with Gasteiger partial charge in [0.2, 0.25) is 0 Å². The van der Waals surface area contributed by atoms with Gasteiger partial charge < -0.3 is 5.32 Å². The van der Waals surface area contributed by atoms with E-state index in [1.807, 2.05) is 19.1 Å². The quantitative estimate of drug-likeness (QED) is 0.911. The lowest BCUT2D eigenvalue weighted by Crippen LogP contribution is -2.52. The summed E-state index contributed by atoms with van der Waals surface area (Å²) in [7, 11) is 0. The molecule has 2 rings (SSSR count). The highest BCUT2D eigenvalue weighted by atomic mass is 79.9. The molecule has 88 valence electrons. The highest BCUT2D eigenvalue weighted by Gasteiger charge is 2.39. The third-order valence-corrected chi connectivity index (χ3v) is 4.26. The molecule has 1 aromatic rings. The Hall–Kier alpha value is -1.34. The van der Waals surface area contributed by atoms with Crippen molar-refractivity contribution in [3.63, 3.8) is 0 Å². The van der Waals surface area contributed by atoms with Gasteiger partial charge in [-0.2, -0.15) is 5.26 Å². The molecule has 0 radical (unpaired) electrons. The Balaban J connectivity index is 2.21. The number of carbonyl (C=O) groups excluding carboxylic acids is 1. The Labute approximate surface area is 109 Å². The summed E-state index contributed by atoms with van der Waals surface area (Å²) < 4.78 is 0.796. The lowest BCUT2D eigenvalue weighted by atomic mass is 9.78. The van der Waals surface area contributed by atoms with Crippen molar-refractivity contribution in [1.29, 1.82) is 5.26 Å². The molecule has 1 aliphatic carbocycles. The first-order chi connectivity index (χ1) is 8.08. The van der Waals surface area contributed by atoms with Crippen molar-refractivity contribution in [3.8, 4) is 6.07 Å². The van der Waals surface area contributed by atoms with Crippen molar-refractivity contribution in [2.24, 2.45) is 0 Å². The van der Waals surface area contributed by atoms with Gasteiger partial charge in [0, 0.05) is 4.47 Å². The summed E-state index contributed by atoms with van der Waals surface area (Å²) >= 11 is 3.41. The third kappa shape index (κ3) is 2.20. The zero-order valence-electron chi connectivity index (χ0n) is 9.59. The van der Waals surface area contributed by atoms with Gasteiger partial charge in [-0.15, -0.1) is 0 Å². The fraction of sp³-hybridized carbons (Fsp3) is 0.385. The molecule has 4 heteroatoms. The molecule has 0 bridgehead atoms. The molecule has 0 spiro atoms. The number of benzene rings is 1. The predicted octanol–water partition coefficient (Wildman–Crippen LogP) is 2.93. The number of halogens is 1. The topological polar surface area (TPSA) is 52.9 Å². The zero-order chi connectivity index (χ0) is 12.5. The number of amides is 1. The van der Waals surface area contributed by atoms with E-state index in [0.717, 1.165) is 29.3 Å². The molecule has 1 fully saturated rings. The van der Waals surface area contributed by atoms with Gasteiger partial charge >= 0.3 is 0 Å². The van der Waals surface area contributed by atoms with E-state index < -0.39 is 5.54 Å². The molecule has 0 saturated heterocycles. The Morgan fingerprint density at radius 2 is 2.24 bits per heavy atom. The zero-order valence-corrected chi connectivity index (χ0v) is 11.2. The number of nitrogens with one attached hydrogen (secondary N) is 1. The lowest BCUT2D eigenvalue weighted by molar-refractivity contribution is 0.0880. The highest BCUT2D eigenvalue weighted by Crippen LogP contribution is 2.32. The van der Waals surface area contributed by atoms with Crippen LogP contribution in [0.5, 0.6) is 0 Å². The van der Waals surface area contributed by atoms with Gasteiger partial charge in [-0.25, -0.2) is 0 Å². The van der Waals surface area contributed by atoms with E-state index >= 15 is 0 Å². The second kappa shape index (κ2) is 4.50. The fourth-order valence-corrected chi connectivity index (χ4v) is 2.35. The van der Waals surface area contributed by atoms with Gasteiger partial charge in [0.05, 0.1) is 11.6 Å². The maximum Gasteiger partial charge on any atom is 0.253 e. The van der Waals surface area contributed by atoms with Crippen LogP contribution in [-0.2, 0) is 0 Å². The molecule has 17 heavy (non-hydrogen) atoms. The Kier molecular flexibility index (Phi) is 3.21. The summed E-state index contributed by atoms with van der Waals surface area (Å²) in [6, 6.07) is 7.74. The van der Waals surface area contributed by atoms with Crippen LogP contribution in [0.2, 0.25) is 0 Å². The smallest absolute Gasteiger partial charge is 0.253 e. The van der Waals surface area contributed by atoms with Gasteiger partial charge in [0.15, 0.2) is 0 Å². The maximum absolute atomic E-state index is 12.1. The summed E-state index contributed by atoms with van der Waals surface area (Å²) in [6.45, 7) is 1.93. The van der Waals surface area contributed by atoms with Crippen LogP contribution in [0.4, 0.5) is 0 Å².